The summed E-state index contributed by atoms with van der Waals surface area (Å²) in [6.07, 6.45) is 24.5. The van der Waals surface area contributed by atoms with Gasteiger partial charge in [-0.15, -0.1) is 0 Å². The summed E-state index contributed by atoms with van der Waals surface area (Å²) in [4.78, 5) is 12.4. The number of benzene rings is 1. The topological polar surface area (TPSA) is 29.1 Å². The smallest absolute Gasteiger partial charge is 0.352 e. The molecule has 2 nitrogen and oxygen atoms in total. The zero-order valence-corrected chi connectivity index (χ0v) is 20.5. The monoisotopic (exact) mass is 493 g/mol. The first kappa shape index (κ1) is 27.2. The molecule has 10 radical (unpaired) electrons. The second-order valence-corrected chi connectivity index (χ2v) is 10.4. The van der Waals surface area contributed by atoms with E-state index in [1.54, 1.807) is 0 Å². The van der Waals surface area contributed by atoms with Crippen molar-refractivity contribution in [2.45, 2.75) is 49.8 Å². The molecule has 1 N–H and O–H groups in total. The molecule has 1 aromatic rings. The Hall–Kier alpha value is -0.0905. The van der Waals surface area contributed by atoms with Gasteiger partial charge < -0.3 is 5.32 Å². The van der Waals surface area contributed by atoms with E-state index < -0.39 is 0 Å². The van der Waals surface area contributed by atoms with Crippen molar-refractivity contribution in [3.05, 3.63) is 99.6 Å². The molecule has 1 saturated heterocycles. The third-order valence-electron chi connectivity index (χ3n) is 5.17. The number of rotatable bonds is 9. The van der Waals surface area contributed by atoms with Crippen LogP contribution in [0, 0.1) is 63.7 Å². The van der Waals surface area contributed by atoms with Crippen molar-refractivity contribution >= 4 is 27.5 Å². The van der Waals surface area contributed by atoms with Gasteiger partial charge in [-0.25, -0.2) is 0 Å². The van der Waals surface area contributed by atoms with Gasteiger partial charge in [0.25, 0.3) is 0 Å². The fourth-order valence-corrected chi connectivity index (χ4v) is 6.56. The number of carbonyl (C=O) groups excluding carboxylic acids is 1. The Morgan fingerprint density at radius 2 is 1.65 bits per heavy atom. The molecule has 1 aliphatic heterocycles. The van der Waals surface area contributed by atoms with E-state index in [9.17, 15) is 4.79 Å². The van der Waals surface area contributed by atoms with Gasteiger partial charge >= 0.3 is 17.1 Å². The van der Waals surface area contributed by atoms with Crippen LogP contribution < -0.4 is 5.32 Å². The molecule has 0 unspecified atom stereocenters. The number of nitrogens with one attached hydrogen (secondary N) is 1. The van der Waals surface area contributed by atoms with Crippen LogP contribution in [0.4, 0.5) is 0 Å². The van der Waals surface area contributed by atoms with Crippen LogP contribution in [-0.4, -0.2) is 23.0 Å². The van der Waals surface area contributed by atoms with E-state index in [1.165, 1.54) is 30.1 Å². The molecule has 3 fully saturated rings. The maximum Gasteiger partial charge on any atom is 2.00 e. The summed E-state index contributed by atoms with van der Waals surface area (Å²) in [5.41, 5.74) is 1.25. The number of hydrogen-bond acceptors (Lipinski definition) is 3. The zero-order chi connectivity index (χ0) is 20.9. The molecule has 5 heteroatoms. The zero-order valence-electron chi connectivity index (χ0n) is 17.8. The second-order valence-electron chi connectivity index (χ2n) is 7.56. The third kappa shape index (κ3) is 11.1. The minimum atomic E-state index is 0. The largest absolute Gasteiger partial charge is 2.00 e. The van der Waals surface area contributed by atoms with E-state index in [0.717, 1.165) is 24.5 Å². The van der Waals surface area contributed by atoms with E-state index in [1.807, 2.05) is 72.6 Å². The van der Waals surface area contributed by atoms with Crippen LogP contribution in [0.2, 0.25) is 0 Å². The number of unbranched alkanes of at least 4 members (excludes halogenated alkanes) is 1. The van der Waals surface area contributed by atoms with Gasteiger partial charge in [0.2, 0.25) is 5.91 Å². The summed E-state index contributed by atoms with van der Waals surface area (Å²) in [5.74, 6) is 2.66. The standard InChI is InChI=1S/C21H26NOS2.C5H5.Fe/c23-21(13-7-6-12-19-14-15-24-25-19)22-20(18-10-4-5-11-18)16-17-8-2-1-3-9-17;1-2-4-5-3-1;/h1-5,8-11,19-20H,6-7,12-16H2,(H,22,23);1-5H;/q;;+2/t19-,20-;;/m1../s1. The number of amides is 1. The predicted octanol–water partition coefficient (Wildman–Crippen LogP) is 5.85. The fourth-order valence-electron chi connectivity index (χ4n) is 3.53. The van der Waals surface area contributed by atoms with Crippen molar-refractivity contribution in [1.82, 2.24) is 5.32 Å². The van der Waals surface area contributed by atoms with Gasteiger partial charge in [0.1, 0.15) is 0 Å². The van der Waals surface area contributed by atoms with Gasteiger partial charge in [-0.2, -0.15) is 0 Å². The summed E-state index contributed by atoms with van der Waals surface area (Å²) in [7, 11) is 4.02. The molecule has 1 heterocycles. The van der Waals surface area contributed by atoms with Crippen LogP contribution in [0.25, 0.3) is 0 Å². The van der Waals surface area contributed by atoms with Crippen LogP contribution in [0.5, 0.6) is 0 Å². The Morgan fingerprint density at radius 3 is 2.26 bits per heavy atom. The van der Waals surface area contributed by atoms with Crippen molar-refractivity contribution in [2.24, 2.45) is 0 Å². The minimum absolute atomic E-state index is 0. The van der Waals surface area contributed by atoms with Crippen molar-refractivity contribution < 1.29 is 21.9 Å². The molecule has 1 amide bonds. The molecule has 3 aliphatic rings. The Balaban J connectivity index is 0.000000501. The first-order valence-electron chi connectivity index (χ1n) is 10.8. The second kappa shape index (κ2) is 16.5. The SMILES string of the molecule is O=C(CCCC[C@@H]1CCSS1)N[C@H](Cc1ccccc1)[C]1[CH][CH][CH][CH]1.[CH]1[CH][CH][CH][CH]1.[Fe+2]. The summed E-state index contributed by atoms with van der Waals surface area (Å²) in [6, 6.07) is 10.4. The van der Waals surface area contributed by atoms with Gasteiger partial charge in [0.05, 0.1) is 0 Å². The summed E-state index contributed by atoms with van der Waals surface area (Å²) >= 11 is 0. The molecule has 2 atom stereocenters. The summed E-state index contributed by atoms with van der Waals surface area (Å²) in [5, 5.41) is 4.06. The molecular formula is C26H31FeNOS2+2. The van der Waals surface area contributed by atoms with Crippen LogP contribution in [0.3, 0.4) is 0 Å². The van der Waals surface area contributed by atoms with E-state index in [0.29, 0.717) is 6.42 Å². The Morgan fingerprint density at radius 1 is 0.968 bits per heavy atom. The molecule has 31 heavy (non-hydrogen) atoms. The number of hydrogen-bond donors (Lipinski definition) is 1. The molecule has 164 valence electrons. The van der Waals surface area contributed by atoms with Crippen LogP contribution in [0.1, 0.15) is 37.7 Å². The van der Waals surface area contributed by atoms with Gasteiger partial charge in [-0.05, 0) is 89.0 Å². The van der Waals surface area contributed by atoms with E-state index in [2.05, 4.69) is 42.4 Å². The molecule has 4 rings (SSSR count). The summed E-state index contributed by atoms with van der Waals surface area (Å²) in [6.45, 7) is 0. The Labute approximate surface area is 209 Å². The average Bonchev–Trinajstić information content (AvgIpc) is 3.56. The van der Waals surface area contributed by atoms with Crippen molar-refractivity contribution in [1.29, 1.82) is 0 Å². The van der Waals surface area contributed by atoms with Crippen molar-refractivity contribution in [3.8, 4) is 0 Å². The van der Waals surface area contributed by atoms with E-state index in [-0.39, 0.29) is 29.0 Å². The fraction of sp³-hybridized carbons (Fsp3) is 0.346. The quantitative estimate of drug-likeness (QED) is 0.266. The molecule has 1 aromatic carbocycles. The number of carbonyl (C=O) groups is 1. The van der Waals surface area contributed by atoms with Crippen LogP contribution >= 0.6 is 21.6 Å². The normalized spacial score (nSPS) is 21.7. The Kier molecular flexibility index (Phi) is 14.5. The predicted molar refractivity (Wildman–Crippen MR) is 131 cm³/mol. The van der Waals surface area contributed by atoms with Crippen molar-refractivity contribution in [2.75, 3.05) is 5.75 Å². The molecular weight excluding hydrogens is 462 g/mol. The molecule has 0 spiro atoms. The van der Waals surface area contributed by atoms with E-state index in [4.69, 9.17) is 0 Å². The molecule has 2 saturated carbocycles. The maximum atomic E-state index is 12.4. The first-order valence-corrected chi connectivity index (χ1v) is 13.2. The van der Waals surface area contributed by atoms with Gasteiger partial charge in [-0.3, -0.25) is 4.79 Å². The van der Waals surface area contributed by atoms with Gasteiger partial charge in [0, 0.05) is 29.4 Å². The molecule has 0 bridgehead atoms. The van der Waals surface area contributed by atoms with E-state index >= 15 is 0 Å². The summed E-state index contributed by atoms with van der Waals surface area (Å²) < 4.78 is 0. The van der Waals surface area contributed by atoms with Gasteiger partial charge in [0.15, 0.2) is 0 Å². The van der Waals surface area contributed by atoms with Crippen molar-refractivity contribution in [3.63, 3.8) is 0 Å². The van der Waals surface area contributed by atoms with Gasteiger partial charge in [-0.1, -0.05) is 58.3 Å². The van der Waals surface area contributed by atoms with Crippen LogP contribution in [0.15, 0.2) is 30.3 Å². The average molecular weight is 494 g/mol. The molecule has 0 aromatic heterocycles. The molecule has 2 aliphatic carbocycles. The maximum absolute atomic E-state index is 12.4. The minimum Gasteiger partial charge on any atom is -0.352 e. The van der Waals surface area contributed by atoms with Crippen LogP contribution in [-0.2, 0) is 28.3 Å². The first-order chi connectivity index (χ1) is 14.8. The third-order valence-corrected chi connectivity index (χ3v) is 8.18. The Bertz CT molecular complexity index is 577.